The molecule has 166 valence electrons. The molecule has 32 heavy (non-hydrogen) atoms. The van der Waals surface area contributed by atoms with Crippen molar-refractivity contribution in [3.63, 3.8) is 0 Å². The van der Waals surface area contributed by atoms with Crippen molar-refractivity contribution in [3.8, 4) is 22.1 Å². The van der Waals surface area contributed by atoms with Gasteiger partial charge >= 0.3 is 5.97 Å². The summed E-state index contributed by atoms with van der Waals surface area (Å²) in [7, 11) is 0. The van der Waals surface area contributed by atoms with E-state index in [9.17, 15) is 9.18 Å². The van der Waals surface area contributed by atoms with Gasteiger partial charge < -0.3 is 13.8 Å². The third-order valence-electron chi connectivity index (χ3n) is 4.62. The molecule has 0 radical (unpaired) electrons. The van der Waals surface area contributed by atoms with Crippen molar-refractivity contribution >= 4 is 29.1 Å². The van der Waals surface area contributed by atoms with Crippen LogP contribution in [0.2, 0.25) is 0 Å². The molecule has 1 unspecified atom stereocenters. The Morgan fingerprint density at radius 3 is 2.91 bits per heavy atom. The molecule has 0 N–H and O–H groups in total. The van der Waals surface area contributed by atoms with Gasteiger partial charge in [0.1, 0.15) is 5.82 Å². The SMILES string of the molecule is CCn1c(SCC(=O)OC(C)c2nc(-c3ccc(C)c(F)c3)no2)nnc1-c1cccs1. The summed E-state index contributed by atoms with van der Waals surface area (Å²) in [5, 5.41) is 14.9. The van der Waals surface area contributed by atoms with Crippen molar-refractivity contribution < 1.29 is 18.4 Å². The van der Waals surface area contributed by atoms with Crippen LogP contribution in [-0.4, -0.2) is 36.6 Å². The first kappa shape index (κ1) is 22.2. The summed E-state index contributed by atoms with van der Waals surface area (Å²) in [4.78, 5) is 17.6. The van der Waals surface area contributed by atoms with Crippen LogP contribution in [0, 0.1) is 12.7 Å². The van der Waals surface area contributed by atoms with E-state index in [0.717, 1.165) is 10.7 Å². The first-order valence-corrected chi connectivity index (χ1v) is 11.7. The highest BCUT2D eigenvalue weighted by Crippen LogP contribution is 2.28. The molecule has 0 fully saturated rings. The van der Waals surface area contributed by atoms with Gasteiger partial charge in [-0.3, -0.25) is 4.79 Å². The number of esters is 1. The van der Waals surface area contributed by atoms with Crippen molar-refractivity contribution in [2.75, 3.05) is 5.75 Å². The van der Waals surface area contributed by atoms with Gasteiger partial charge in [-0.05, 0) is 43.8 Å². The highest BCUT2D eigenvalue weighted by molar-refractivity contribution is 7.99. The summed E-state index contributed by atoms with van der Waals surface area (Å²) in [5.74, 6) is 0.387. The smallest absolute Gasteiger partial charge is 0.317 e. The molecule has 0 bridgehead atoms. The lowest BCUT2D eigenvalue weighted by Gasteiger charge is -2.09. The molecule has 0 aliphatic rings. The third-order valence-corrected chi connectivity index (χ3v) is 6.43. The lowest BCUT2D eigenvalue weighted by atomic mass is 10.1. The van der Waals surface area contributed by atoms with E-state index in [1.165, 1.54) is 17.8 Å². The number of halogens is 1. The van der Waals surface area contributed by atoms with Crippen LogP contribution in [0.5, 0.6) is 0 Å². The van der Waals surface area contributed by atoms with Crippen LogP contribution in [0.25, 0.3) is 22.1 Å². The first-order chi connectivity index (χ1) is 15.5. The van der Waals surface area contributed by atoms with E-state index in [0.29, 0.717) is 22.8 Å². The van der Waals surface area contributed by atoms with Crippen molar-refractivity contribution in [1.29, 1.82) is 0 Å². The third kappa shape index (κ3) is 4.73. The van der Waals surface area contributed by atoms with Gasteiger partial charge in [0.05, 0.1) is 10.6 Å². The van der Waals surface area contributed by atoms with Gasteiger partial charge in [0, 0.05) is 12.1 Å². The number of hydrogen-bond donors (Lipinski definition) is 0. The molecule has 0 spiro atoms. The van der Waals surface area contributed by atoms with E-state index in [-0.39, 0.29) is 23.3 Å². The average Bonchev–Trinajstić information content (AvgIpc) is 3.53. The fourth-order valence-corrected chi connectivity index (χ4v) is 4.43. The number of thioether (sulfide) groups is 1. The Hall–Kier alpha value is -3.05. The predicted octanol–water partition coefficient (Wildman–Crippen LogP) is 4.92. The van der Waals surface area contributed by atoms with E-state index in [1.54, 1.807) is 37.3 Å². The number of ether oxygens (including phenoxy) is 1. The van der Waals surface area contributed by atoms with Gasteiger partial charge in [-0.25, -0.2) is 4.39 Å². The zero-order chi connectivity index (χ0) is 22.7. The fourth-order valence-electron chi connectivity index (χ4n) is 2.92. The lowest BCUT2D eigenvalue weighted by Crippen LogP contribution is -2.12. The Bertz CT molecular complexity index is 1220. The Morgan fingerprint density at radius 1 is 1.34 bits per heavy atom. The van der Waals surface area contributed by atoms with Crippen molar-refractivity contribution in [3.05, 3.63) is 53.0 Å². The molecule has 4 rings (SSSR count). The van der Waals surface area contributed by atoms with Crippen molar-refractivity contribution in [2.45, 2.75) is 38.6 Å². The molecule has 0 aliphatic heterocycles. The lowest BCUT2D eigenvalue weighted by molar-refractivity contribution is -0.146. The molecular formula is C21H20FN5O3S2. The molecule has 11 heteroatoms. The largest absolute Gasteiger partial charge is 0.452 e. The van der Waals surface area contributed by atoms with E-state index in [1.807, 2.05) is 29.0 Å². The maximum Gasteiger partial charge on any atom is 0.317 e. The van der Waals surface area contributed by atoms with Crippen LogP contribution in [0.1, 0.15) is 31.4 Å². The van der Waals surface area contributed by atoms with Crippen molar-refractivity contribution in [1.82, 2.24) is 24.9 Å². The molecule has 1 aromatic carbocycles. The van der Waals surface area contributed by atoms with E-state index in [2.05, 4.69) is 20.3 Å². The van der Waals surface area contributed by atoms with Gasteiger partial charge in [-0.1, -0.05) is 35.1 Å². The molecule has 3 aromatic heterocycles. The molecular weight excluding hydrogens is 453 g/mol. The molecule has 0 saturated heterocycles. The maximum absolute atomic E-state index is 13.8. The van der Waals surface area contributed by atoms with Crippen LogP contribution in [0.15, 0.2) is 45.4 Å². The minimum Gasteiger partial charge on any atom is -0.452 e. The fraction of sp³-hybridized carbons (Fsp3) is 0.286. The number of carbonyl (C=O) groups is 1. The second-order valence-corrected chi connectivity index (χ2v) is 8.76. The molecule has 4 aromatic rings. The van der Waals surface area contributed by atoms with Gasteiger partial charge in [0.2, 0.25) is 5.82 Å². The maximum atomic E-state index is 13.8. The van der Waals surface area contributed by atoms with Gasteiger partial charge in [-0.2, -0.15) is 4.98 Å². The van der Waals surface area contributed by atoms with Gasteiger partial charge in [0.15, 0.2) is 17.1 Å². The van der Waals surface area contributed by atoms with Gasteiger partial charge in [0.25, 0.3) is 5.89 Å². The molecule has 0 saturated carbocycles. The number of aromatic nitrogens is 5. The zero-order valence-electron chi connectivity index (χ0n) is 17.6. The number of nitrogens with zero attached hydrogens (tertiary/aromatic N) is 5. The normalized spacial score (nSPS) is 12.1. The van der Waals surface area contributed by atoms with Gasteiger partial charge in [-0.15, -0.1) is 21.5 Å². The Morgan fingerprint density at radius 2 is 2.19 bits per heavy atom. The summed E-state index contributed by atoms with van der Waals surface area (Å²) < 4.78 is 26.4. The summed E-state index contributed by atoms with van der Waals surface area (Å²) in [6, 6.07) is 8.62. The topological polar surface area (TPSA) is 95.9 Å². The quantitative estimate of drug-likeness (QED) is 0.263. The summed E-state index contributed by atoms with van der Waals surface area (Å²) in [6.45, 7) is 5.99. The van der Waals surface area contributed by atoms with E-state index in [4.69, 9.17) is 9.26 Å². The molecule has 0 amide bonds. The number of hydrogen-bond acceptors (Lipinski definition) is 9. The number of benzene rings is 1. The van der Waals surface area contributed by atoms with Crippen LogP contribution in [0.4, 0.5) is 4.39 Å². The Kier molecular flexibility index (Phi) is 6.66. The number of aryl methyl sites for hydroxylation is 1. The van der Waals surface area contributed by atoms with E-state index >= 15 is 0 Å². The summed E-state index contributed by atoms with van der Waals surface area (Å²) in [6.07, 6.45) is -0.745. The highest BCUT2D eigenvalue weighted by Gasteiger charge is 2.21. The van der Waals surface area contributed by atoms with Crippen LogP contribution >= 0.6 is 23.1 Å². The Labute approximate surface area is 191 Å². The van der Waals surface area contributed by atoms with Crippen LogP contribution in [-0.2, 0) is 16.1 Å². The zero-order valence-corrected chi connectivity index (χ0v) is 19.2. The monoisotopic (exact) mass is 473 g/mol. The number of carbonyl (C=O) groups excluding carboxylic acids is 1. The summed E-state index contributed by atoms with van der Waals surface area (Å²) >= 11 is 2.83. The average molecular weight is 474 g/mol. The summed E-state index contributed by atoms with van der Waals surface area (Å²) in [5.41, 5.74) is 1.01. The Balaban J connectivity index is 1.37. The van der Waals surface area contributed by atoms with Crippen LogP contribution in [0.3, 0.4) is 0 Å². The second kappa shape index (κ2) is 9.61. The molecule has 0 aliphatic carbocycles. The number of rotatable bonds is 8. The van der Waals surface area contributed by atoms with Crippen molar-refractivity contribution in [2.24, 2.45) is 0 Å². The first-order valence-electron chi connectivity index (χ1n) is 9.85. The van der Waals surface area contributed by atoms with E-state index < -0.39 is 12.1 Å². The van der Waals surface area contributed by atoms with Crippen LogP contribution < -0.4 is 0 Å². The molecule has 8 nitrogen and oxygen atoms in total. The minimum atomic E-state index is -0.745. The highest BCUT2D eigenvalue weighted by atomic mass is 32.2. The minimum absolute atomic E-state index is 0.0527. The standard InChI is InChI=1S/C21H20FN5O3S2/c1-4-27-19(16-6-5-9-31-16)24-25-21(27)32-11-17(28)29-13(3)20-23-18(26-30-20)14-8-7-12(2)15(22)10-14/h5-10,13H,4,11H2,1-3H3. The second-order valence-electron chi connectivity index (χ2n) is 6.87. The molecule has 3 heterocycles. The number of thiophene rings is 1. The predicted molar refractivity (Wildman–Crippen MR) is 119 cm³/mol. The molecule has 1 atom stereocenters.